The van der Waals surface area contributed by atoms with Crippen LogP contribution >= 0.6 is 0 Å². The molecule has 1 heterocycles. The van der Waals surface area contributed by atoms with Crippen LogP contribution in [0.5, 0.6) is 11.5 Å². The molecule has 1 aromatic heterocycles. The van der Waals surface area contributed by atoms with Crippen LogP contribution in [0.1, 0.15) is 17.3 Å². The Balaban J connectivity index is 2.44. The summed E-state index contributed by atoms with van der Waals surface area (Å²) >= 11 is 0. The van der Waals surface area contributed by atoms with E-state index >= 15 is 0 Å². The molecular formula is C15H15N3O5. The minimum atomic E-state index is -0.654. The Morgan fingerprint density at radius 3 is 2.70 bits per heavy atom. The van der Waals surface area contributed by atoms with Gasteiger partial charge in [0.15, 0.2) is 11.5 Å². The molecule has 1 N–H and O–H groups in total. The molecule has 0 fully saturated rings. The fraction of sp³-hybridized carbons (Fsp3) is 0.200. The topological polar surface area (TPSA) is 104 Å². The number of hydrogen-bond donors (Lipinski definition) is 1. The largest absolute Gasteiger partial charge is 0.493 e. The number of methoxy groups -OCH3 is 1. The number of aromatic nitrogens is 1. The van der Waals surface area contributed by atoms with Crippen LogP contribution in [0.15, 0.2) is 36.5 Å². The second kappa shape index (κ2) is 7.21. The number of benzene rings is 1. The van der Waals surface area contributed by atoms with Gasteiger partial charge in [-0.2, -0.15) is 0 Å². The summed E-state index contributed by atoms with van der Waals surface area (Å²) in [6.07, 6.45) is 1.50. The minimum absolute atomic E-state index is 0.134. The first-order valence-corrected chi connectivity index (χ1v) is 6.78. The number of amides is 1. The molecule has 0 aliphatic carbocycles. The first-order valence-electron chi connectivity index (χ1n) is 6.78. The van der Waals surface area contributed by atoms with Gasteiger partial charge in [-0.1, -0.05) is 6.07 Å². The first kappa shape index (κ1) is 16.2. The van der Waals surface area contributed by atoms with Crippen LogP contribution in [0.3, 0.4) is 0 Å². The van der Waals surface area contributed by atoms with Crippen molar-refractivity contribution in [1.29, 1.82) is 0 Å². The number of ether oxygens (including phenoxy) is 2. The lowest BCUT2D eigenvalue weighted by atomic mass is 10.1. The SMILES string of the molecule is CCOc1cc(C(=O)Nc2ccccn2)c([N+](=O)[O-])cc1OC. The van der Waals surface area contributed by atoms with Crippen molar-refractivity contribution in [3.63, 3.8) is 0 Å². The number of nitrogens with zero attached hydrogens (tertiary/aromatic N) is 2. The number of anilines is 1. The smallest absolute Gasteiger partial charge is 0.286 e. The number of carbonyl (C=O) groups is 1. The van der Waals surface area contributed by atoms with E-state index in [0.29, 0.717) is 12.4 Å². The fourth-order valence-corrected chi connectivity index (χ4v) is 1.93. The van der Waals surface area contributed by atoms with Gasteiger partial charge in [-0.25, -0.2) is 4.98 Å². The van der Waals surface area contributed by atoms with Gasteiger partial charge in [0.05, 0.1) is 24.7 Å². The lowest BCUT2D eigenvalue weighted by Crippen LogP contribution is -2.15. The maximum Gasteiger partial charge on any atom is 0.286 e. The van der Waals surface area contributed by atoms with E-state index in [1.54, 1.807) is 25.1 Å². The number of hydrogen-bond acceptors (Lipinski definition) is 6. The Hall–Kier alpha value is -3.16. The van der Waals surface area contributed by atoms with Crippen LogP contribution < -0.4 is 14.8 Å². The molecule has 1 aromatic carbocycles. The molecular weight excluding hydrogens is 302 g/mol. The normalized spacial score (nSPS) is 10.0. The monoisotopic (exact) mass is 317 g/mol. The highest BCUT2D eigenvalue weighted by molar-refractivity contribution is 6.07. The summed E-state index contributed by atoms with van der Waals surface area (Å²) in [4.78, 5) is 26.9. The number of nitro groups is 1. The van der Waals surface area contributed by atoms with Crippen LogP contribution in [-0.4, -0.2) is 29.5 Å². The number of nitro benzene ring substituents is 1. The van der Waals surface area contributed by atoms with Crippen molar-refractivity contribution < 1.29 is 19.2 Å². The van der Waals surface area contributed by atoms with Crippen LogP contribution in [0.2, 0.25) is 0 Å². The summed E-state index contributed by atoms with van der Waals surface area (Å²) < 4.78 is 10.4. The number of rotatable bonds is 6. The molecule has 2 rings (SSSR count). The molecule has 0 aliphatic heterocycles. The van der Waals surface area contributed by atoms with E-state index in [1.165, 1.54) is 25.4 Å². The second-order valence-electron chi connectivity index (χ2n) is 4.38. The Morgan fingerprint density at radius 2 is 2.13 bits per heavy atom. The lowest BCUT2D eigenvalue weighted by Gasteiger charge is -2.11. The summed E-state index contributed by atoms with van der Waals surface area (Å²) in [6.45, 7) is 2.09. The van der Waals surface area contributed by atoms with Crippen molar-refractivity contribution in [1.82, 2.24) is 4.98 Å². The number of nitrogens with one attached hydrogen (secondary N) is 1. The van der Waals surface area contributed by atoms with Crippen molar-refractivity contribution in [2.75, 3.05) is 19.0 Å². The zero-order valence-corrected chi connectivity index (χ0v) is 12.6. The summed E-state index contributed by atoms with van der Waals surface area (Å²) in [5.41, 5.74) is -0.511. The molecule has 23 heavy (non-hydrogen) atoms. The quantitative estimate of drug-likeness (QED) is 0.649. The van der Waals surface area contributed by atoms with Gasteiger partial charge in [-0.05, 0) is 19.1 Å². The minimum Gasteiger partial charge on any atom is -0.493 e. The standard InChI is InChI=1S/C15H15N3O5/c1-3-23-13-8-10(11(18(20)21)9-12(13)22-2)15(19)17-14-6-4-5-7-16-14/h4-9H,3H2,1-2H3,(H,16,17,19). The zero-order chi connectivity index (χ0) is 16.8. The number of pyridine rings is 1. The summed E-state index contributed by atoms with van der Waals surface area (Å²) in [5, 5.41) is 13.7. The summed E-state index contributed by atoms with van der Waals surface area (Å²) in [7, 11) is 1.37. The predicted molar refractivity (Wildman–Crippen MR) is 83.0 cm³/mol. The zero-order valence-electron chi connectivity index (χ0n) is 12.6. The highest BCUT2D eigenvalue weighted by Gasteiger charge is 2.25. The van der Waals surface area contributed by atoms with Crippen LogP contribution in [0.4, 0.5) is 11.5 Å². The molecule has 2 aromatic rings. The van der Waals surface area contributed by atoms with Crippen molar-refractivity contribution in [3.8, 4) is 11.5 Å². The van der Waals surface area contributed by atoms with Crippen molar-refractivity contribution in [3.05, 3.63) is 52.2 Å². The average Bonchev–Trinajstić information content (AvgIpc) is 2.55. The molecule has 0 unspecified atom stereocenters. The van der Waals surface area contributed by atoms with Crippen LogP contribution in [-0.2, 0) is 0 Å². The van der Waals surface area contributed by atoms with Crippen LogP contribution in [0.25, 0.3) is 0 Å². The van der Waals surface area contributed by atoms with Gasteiger partial charge >= 0.3 is 0 Å². The molecule has 0 aliphatic rings. The Bertz CT molecular complexity index is 719. The van der Waals surface area contributed by atoms with E-state index in [1.807, 2.05) is 0 Å². The summed E-state index contributed by atoms with van der Waals surface area (Å²) in [5.74, 6) is 0.0827. The highest BCUT2D eigenvalue weighted by atomic mass is 16.6. The lowest BCUT2D eigenvalue weighted by molar-refractivity contribution is -0.385. The Kier molecular flexibility index (Phi) is 5.08. The Labute approximate surface area is 132 Å². The molecule has 120 valence electrons. The molecule has 0 atom stereocenters. The van der Waals surface area contributed by atoms with Crippen molar-refractivity contribution in [2.24, 2.45) is 0 Å². The molecule has 0 saturated heterocycles. The average molecular weight is 317 g/mol. The van der Waals surface area contributed by atoms with Crippen molar-refractivity contribution in [2.45, 2.75) is 6.92 Å². The van der Waals surface area contributed by atoms with Crippen molar-refractivity contribution >= 4 is 17.4 Å². The molecule has 0 saturated carbocycles. The number of carbonyl (C=O) groups excluding carboxylic acids is 1. The van der Waals surface area contributed by atoms with Gasteiger partial charge < -0.3 is 14.8 Å². The van der Waals surface area contributed by atoms with E-state index in [2.05, 4.69) is 10.3 Å². The second-order valence-corrected chi connectivity index (χ2v) is 4.38. The molecule has 0 radical (unpaired) electrons. The first-order chi connectivity index (χ1) is 11.1. The van der Waals surface area contributed by atoms with E-state index in [9.17, 15) is 14.9 Å². The van der Waals surface area contributed by atoms with E-state index in [0.717, 1.165) is 0 Å². The van der Waals surface area contributed by atoms with E-state index in [4.69, 9.17) is 9.47 Å². The Morgan fingerprint density at radius 1 is 1.35 bits per heavy atom. The maximum atomic E-state index is 12.3. The van der Waals surface area contributed by atoms with E-state index in [-0.39, 0.29) is 22.7 Å². The third-order valence-corrected chi connectivity index (χ3v) is 2.93. The van der Waals surface area contributed by atoms with Gasteiger partial charge in [-0.15, -0.1) is 0 Å². The third-order valence-electron chi connectivity index (χ3n) is 2.93. The van der Waals surface area contributed by atoms with Gasteiger partial charge in [0.25, 0.3) is 11.6 Å². The third kappa shape index (κ3) is 3.73. The van der Waals surface area contributed by atoms with E-state index < -0.39 is 10.8 Å². The molecule has 0 bridgehead atoms. The van der Waals surface area contributed by atoms with Gasteiger partial charge in [0.1, 0.15) is 11.4 Å². The summed E-state index contributed by atoms with van der Waals surface area (Å²) in [6, 6.07) is 7.42. The van der Waals surface area contributed by atoms with Gasteiger partial charge in [0, 0.05) is 12.3 Å². The van der Waals surface area contributed by atoms with Gasteiger partial charge in [-0.3, -0.25) is 14.9 Å². The van der Waals surface area contributed by atoms with Gasteiger partial charge in [0.2, 0.25) is 0 Å². The van der Waals surface area contributed by atoms with Crippen LogP contribution in [0, 0.1) is 10.1 Å². The predicted octanol–water partition coefficient (Wildman–Crippen LogP) is 2.65. The molecule has 8 heteroatoms. The molecule has 1 amide bonds. The molecule has 8 nitrogen and oxygen atoms in total. The maximum absolute atomic E-state index is 12.3. The highest BCUT2D eigenvalue weighted by Crippen LogP contribution is 2.35. The molecule has 0 spiro atoms. The fourth-order valence-electron chi connectivity index (χ4n) is 1.93.